The lowest BCUT2D eigenvalue weighted by molar-refractivity contribution is 0.383. The predicted molar refractivity (Wildman–Crippen MR) is 107 cm³/mol. The van der Waals surface area contributed by atoms with Crippen LogP contribution in [0, 0.1) is 5.82 Å². The zero-order valence-electron chi connectivity index (χ0n) is 17.2. The molecule has 0 aliphatic heterocycles. The fourth-order valence-corrected chi connectivity index (χ4v) is 2.53. The van der Waals surface area contributed by atoms with Gasteiger partial charge in [0.25, 0.3) is 0 Å². The Morgan fingerprint density at radius 3 is 2.52 bits per heavy atom. The highest BCUT2D eigenvalue weighted by Gasteiger charge is 2.22. The van der Waals surface area contributed by atoms with Crippen molar-refractivity contribution in [2.24, 2.45) is 4.99 Å². The van der Waals surface area contributed by atoms with Crippen LogP contribution in [-0.4, -0.2) is 24.0 Å². The number of nitrogens with zero attached hydrogens (tertiary/aromatic N) is 2. The minimum absolute atomic E-state index is 0.0767. The number of rotatable bonds is 6. The van der Waals surface area contributed by atoms with Crippen molar-refractivity contribution in [2.45, 2.75) is 58.9 Å². The number of aromatic nitrogens is 1. The van der Waals surface area contributed by atoms with E-state index in [1.54, 1.807) is 18.3 Å². The Kier molecular flexibility index (Phi) is 6.63. The number of guanidine groups is 1. The molecule has 2 N–H and O–H groups in total. The van der Waals surface area contributed by atoms with Crippen molar-refractivity contribution in [3.63, 3.8) is 0 Å². The van der Waals surface area contributed by atoms with Crippen LogP contribution in [0.5, 0.6) is 0 Å². The number of oxazole rings is 1. The molecule has 0 aliphatic rings. The summed E-state index contributed by atoms with van der Waals surface area (Å²) in [6, 6.07) is 6.71. The molecule has 1 heterocycles. The van der Waals surface area contributed by atoms with Gasteiger partial charge in [0.05, 0.1) is 6.20 Å². The Bertz CT molecular complexity index is 774. The molecule has 27 heavy (non-hydrogen) atoms. The first-order chi connectivity index (χ1) is 12.6. The Morgan fingerprint density at radius 1 is 1.19 bits per heavy atom. The molecule has 2 rings (SSSR count). The summed E-state index contributed by atoms with van der Waals surface area (Å²) in [4.78, 5) is 8.87. The molecular formula is C21H31FN4O. The van der Waals surface area contributed by atoms with Gasteiger partial charge >= 0.3 is 0 Å². The lowest BCUT2D eigenvalue weighted by atomic mass is 9.84. The maximum Gasteiger partial charge on any atom is 0.216 e. The molecule has 0 saturated carbocycles. The smallest absolute Gasteiger partial charge is 0.216 e. The second-order valence-corrected chi connectivity index (χ2v) is 8.31. The first kappa shape index (κ1) is 20.9. The summed E-state index contributed by atoms with van der Waals surface area (Å²) in [5, 5.41) is 6.55. The summed E-state index contributed by atoms with van der Waals surface area (Å²) in [5.74, 6) is 1.89. The van der Waals surface area contributed by atoms with Crippen molar-refractivity contribution in [1.29, 1.82) is 0 Å². The van der Waals surface area contributed by atoms with Crippen molar-refractivity contribution < 1.29 is 8.81 Å². The monoisotopic (exact) mass is 374 g/mol. The first-order valence-electron chi connectivity index (χ1n) is 9.35. The minimum atomic E-state index is -0.249. The quantitative estimate of drug-likeness (QED) is 0.589. The fraction of sp³-hybridized carbons (Fsp3) is 0.524. The van der Waals surface area contributed by atoms with E-state index in [0.717, 1.165) is 17.9 Å². The standard InChI is InChI=1S/C21H31FN4O/c1-7-23-19(25-13-18-24-12-17(27-18)20(2,3)4)26-14-21(5,6)15-9-8-10-16(22)11-15/h8-12H,7,13-14H2,1-6H3,(H2,23,25,26). The number of hydrogen-bond acceptors (Lipinski definition) is 3. The largest absolute Gasteiger partial charge is 0.443 e. The second-order valence-electron chi connectivity index (χ2n) is 8.31. The van der Waals surface area contributed by atoms with E-state index in [2.05, 4.69) is 55.2 Å². The Hall–Kier alpha value is -2.37. The van der Waals surface area contributed by atoms with E-state index in [0.29, 0.717) is 24.9 Å². The van der Waals surface area contributed by atoms with Crippen LogP contribution in [0.4, 0.5) is 4.39 Å². The van der Waals surface area contributed by atoms with Crippen LogP contribution >= 0.6 is 0 Å². The molecule has 5 nitrogen and oxygen atoms in total. The molecule has 1 aromatic heterocycles. The summed E-state index contributed by atoms with van der Waals surface area (Å²) in [5.41, 5.74) is 0.612. The van der Waals surface area contributed by atoms with E-state index >= 15 is 0 Å². The van der Waals surface area contributed by atoms with E-state index in [1.807, 2.05) is 13.0 Å². The Labute approximate surface area is 161 Å². The van der Waals surface area contributed by atoms with E-state index in [4.69, 9.17) is 4.42 Å². The maximum absolute atomic E-state index is 13.5. The Morgan fingerprint density at radius 2 is 1.93 bits per heavy atom. The van der Waals surface area contributed by atoms with Gasteiger partial charge in [0.2, 0.25) is 5.89 Å². The van der Waals surface area contributed by atoms with Crippen LogP contribution < -0.4 is 10.6 Å². The lowest BCUT2D eigenvalue weighted by Gasteiger charge is -2.26. The molecule has 0 aliphatic carbocycles. The average Bonchev–Trinajstić information content (AvgIpc) is 3.07. The summed E-state index contributed by atoms with van der Waals surface area (Å²) in [6.45, 7) is 14.1. The molecule has 0 saturated heterocycles. The number of hydrogen-bond donors (Lipinski definition) is 2. The van der Waals surface area contributed by atoms with Gasteiger partial charge in [0.1, 0.15) is 18.1 Å². The summed E-state index contributed by atoms with van der Waals surface area (Å²) >= 11 is 0. The third-order valence-corrected chi connectivity index (χ3v) is 4.31. The van der Waals surface area contributed by atoms with Crippen molar-refractivity contribution in [1.82, 2.24) is 15.6 Å². The fourth-order valence-electron chi connectivity index (χ4n) is 2.53. The SMILES string of the molecule is CCNC(=NCc1ncc(C(C)(C)C)o1)NCC(C)(C)c1cccc(F)c1. The van der Waals surface area contributed by atoms with Gasteiger partial charge in [0, 0.05) is 23.9 Å². The van der Waals surface area contributed by atoms with Crippen molar-refractivity contribution in [3.8, 4) is 0 Å². The molecule has 2 aromatic rings. The van der Waals surface area contributed by atoms with Gasteiger partial charge in [-0.25, -0.2) is 14.4 Å². The van der Waals surface area contributed by atoms with Crippen molar-refractivity contribution in [2.75, 3.05) is 13.1 Å². The molecule has 0 radical (unpaired) electrons. The summed E-state index contributed by atoms with van der Waals surface area (Å²) in [7, 11) is 0. The molecule has 0 spiro atoms. The van der Waals surface area contributed by atoms with Crippen LogP contribution in [0.3, 0.4) is 0 Å². The average molecular weight is 375 g/mol. The third-order valence-electron chi connectivity index (χ3n) is 4.31. The van der Waals surface area contributed by atoms with Gasteiger partial charge in [-0.1, -0.05) is 46.8 Å². The number of nitrogens with one attached hydrogen (secondary N) is 2. The highest BCUT2D eigenvalue weighted by molar-refractivity contribution is 5.79. The predicted octanol–water partition coefficient (Wildman–Crippen LogP) is 4.14. The topological polar surface area (TPSA) is 62.5 Å². The van der Waals surface area contributed by atoms with Gasteiger partial charge in [-0.2, -0.15) is 0 Å². The molecule has 6 heteroatoms. The molecular weight excluding hydrogens is 343 g/mol. The minimum Gasteiger partial charge on any atom is -0.443 e. The van der Waals surface area contributed by atoms with Crippen LogP contribution in [0.25, 0.3) is 0 Å². The van der Waals surface area contributed by atoms with Crippen LogP contribution in [-0.2, 0) is 17.4 Å². The van der Waals surface area contributed by atoms with Gasteiger partial charge < -0.3 is 15.1 Å². The van der Waals surface area contributed by atoms with E-state index < -0.39 is 0 Å². The normalized spacial score (nSPS) is 12.9. The van der Waals surface area contributed by atoms with Crippen LogP contribution in [0.1, 0.15) is 58.8 Å². The Balaban J connectivity index is 2.04. The highest BCUT2D eigenvalue weighted by Crippen LogP contribution is 2.23. The van der Waals surface area contributed by atoms with Gasteiger partial charge in [-0.15, -0.1) is 0 Å². The van der Waals surface area contributed by atoms with Crippen molar-refractivity contribution in [3.05, 3.63) is 53.5 Å². The highest BCUT2D eigenvalue weighted by atomic mass is 19.1. The van der Waals surface area contributed by atoms with Gasteiger partial charge in [-0.3, -0.25) is 0 Å². The molecule has 1 aromatic carbocycles. The van der Waals surface area contributed by atoms with Crippen LogP contribution in [0.2, 0.25) is 0 Å². The zero-order chi connectivity index (χ0) is 20.1. The lowest BCUT2D eigenvalue weighted by Crippen LogP contribution is -2.43. The molecule has 0 atom stereocenters. The maximum atomic E-state index is 13.5. The van der Waals surface area contributed by atoms with Gasteiger partial charge in [-0.05, 0) is 24.6 Å². The van der Waals surface area contributed by atoms with E-state index in [1.165, 1.54) is 6.07 Å². The summed E-state index contributed by atoms with van der Waals surface area (Å²) < 4.78 is 19.3. The molecule has 0 bridgehead atoms. The van der Waals surface area contributed by atoms with Crippen molar-refractivity contribution >= 4 is 5.96 Å². The summed E-state index contributed by atoms with van der Waals surface area (Å²) in [6.07, 6.45) is 1.76. The molecule has 0 fully saturated rings. The third kappa shape index (κ3) is 6.08. The van der Waals surface area contributed by atoms with Crippen LogP contribution in [0.15, 0.2) is 39.9 Å². The number of halogens is 1. The van der Waals surface area contributed by atoms with E-state index in [9.17, 15) is 4.39 Å². The molecule has 148 valence electrons. The number of benzene rings is 1. The number of aliphatic imine (C=N–C) groups is 1. The second kappa shape index (κ2) is 8.55. The van der Waals surface area contributed by atoms with E-state index in [-0.39, 0.29) is 16.6 Å². The molecule has 0 unspecified atom stereocenters. The zero-order valence-corrected chi connectivity index (χ0v) is 17.2. The molecule has 0 amide bonds. The first-order valence-corrected chi connectivity index (χ1v) is 9.35. The van der Waals surface area contributed by atoms with Gasteiger partial charge in [0.15, 0.2) is 5.96 Å².